The standard InChI is InChI=1S/C20H24N2O3/c1-2-18-10-17(11-19(24)21-18)20(25)22-8-7-16(12-22)9-14-3-5-15(13-23)6-4-14/h3-6,10-11,16,23H,2,7-9,12-13H2,1H3,(H,21,24). The number of aliphatic hydroxyl groups excluding tert-OH is 1. The number of aliphatic hydroxyl groups is 1. The molecule has 132 valence electrons. The highest BCUT2D eigenvalue weighted by Gasteiger charge is 2.27. The largest absolute Gasteiger partial charge is 0.392 e. The molecule has 0 spiro atoms. The average Bonchev–Trinajstić information content (AvgIpc) is 3.09. The van der Waals surface area contributed by atoms with Gasteiger partial charge in [0.2, 0.25) is 5.56 Å². The van der Waals surface area contributed by atoms with Crippen LogP contribution in [0.1, 0.15) is 40.5 Å². The van der Waals surface area contributed by atoms with Gasteiger partial charge in [0.05, 0.1) is 6.61 Å². The molecule has 5 nitrogen and oxygen atoms in total. The molecule has 2 aromatic rings. The Morgan fingerprint density at radius 2 is 1.96 bits per heavy atom. The average molecular weight is 340 g/mol. The number of H-pyrrole nitrogens is 1. The summed E-state index contributed by atoms with van der Waals surface area (Å²) < 4.78 is 0. The zero-order chi connectivity index (χ0) is 17.8. The lowest BCUT2D eigenvalue weighted by Gasteiger charge is -2.17. The third-order valence-corrected chi connectivity index (χ3v) is 4.83. The maximum atomic E-state index is 12.7. The number of pyridine rings is 1. The summed E-state index contributed by atoms with van der Waals surface area (Å²) >= 11 is 0. The zero-order valence-corrected chi connectivity index (χ0v) is 14.5. The molecule has 1 saturated heterocycles. The molecule has 1 aromatic heterocycles. The Morgan fingerprint density at radius 3 is 2.64 bits per heavy atom. The van der Waals surface area contributed by atoms with E-state index in [2.05, 4.69) is 4.98 Å². The van der Waals surface area contributed by atoms with Crippen molar-refractivity contribution in [3.05, 3.63) is 69.1 Å². The van der Waals surface area contributed by atoms with Gasteiger partial charge in [0, 0.05) is 30.4 Å². The van der Waals surface area contributed by atoms with E-state index in [-0.39, 0.29) is 18.1 Å². The zero-order valence-electron chi connectivity index (χ0n) is 14.5. The lowest BCUT2D eigenvalue weighted by Crippen LogP contribution is -2.30. The van der Waals surface area contributed by atoms with E-state index in [1.165, 1.54) is 11.6 Å². The highest BCUT2D eigenvalue weighted by molar-refractivity contribution is 5.94. The SMILES string of the molecule is CCc1cc(C(=O)N2CCC(Cc3ccc(CO)cc3)C2)cc(=O)[nH]1. The Bertz CT molecular complexity index is 795. The van der Waals surface area contributed by atoms with E-state index in [0.717, 1.165) is 37.2 Å². The van der Waals surface area contributed by atoms with Crippen LogP contribution < -0.4 is 5.56 Å². The molecule has 0 bridgehead atoms. The second-order valence-corrected chi connectivity index (χ2v) is 6.70. The minimum absolute atomic E-state index is 0.0565. The Balaban J connectivity index is 1.64. The number of aromatic amines is 1. The molecule has 3 rings (SSSR count). The predicted molar refractivity (Wildman–Crippen MR) is 96.5 cm³/mol. The molecule has 1 amide bonds. The van der Waals surface area contributed by atoms with E-state index in [9.17, 15) is 9.59 Å². The van der Waals surface area contributed by atoms with Crippen LogP contribution in [0.3, 0.4) is 0 Å². The van der Waals surface area contributed by atoms with Crippen LogP contribution in [0.4, 0.5) is 0 Å². The molecule has 1 unspecified atom stereocenters. The number of amides is 1. The van der Waals surface area contributed by atoms with Crippen LogP contribution >= 0.6 is 0 Å². The van der Waals surface area contributed by atoms with E-state index in [1.807, 2.05) is 36.1 Å². The number of carbonyl (C=O) groups is 1. The van der Waals surface area contributed by atoms with Crippen LogP contribution in [0.25, 0.3) is 0 Å². The van der Waals surface area contributed by atoms with Gasteiger partial charge in [-0.3, -0.25) is 9.59 Å². The number of rotatable bonds is 5. The second kappa shape index (κ2) is 7.66. The quantitative estimate of drug-likeness (QED) is 0.876. The van der Waals surface area contributed by atoms with Gasteiger partial charge in [-0.1, -0.05) is 31.2 Å². The lowest BCUT2D eigenvalue weighted by atomic mass is 9.98. The number of carbonyl (C=O) groups excluding carboxylic acids is 1. The van der Waals surface area contributed by atoms with Crippen molar-refractivity contribution in [2.75, 3.05) is 13.1 Å². The molecule has 0 saturated carbocycles. The molecule has 2 heterocycles. The number of benzene rings is 1. The number of hydrogen-bond donors (Lipinski definition) is 2. The number of aryl methyl sites for hydroxylation is 1. The third kappa shape index (κ3) is 4.17. The van der Waals surface area contributed by atoms with Crippen LogP contribution in [0.15, 0.2) is 41.2 Å². The van der Waals surface area contributed by atoms with Crippen LogP contribution in [0, 0.1) is 5.92 Å². The van der Waals surface area contributed by atoms with Gasteiger partial charge in [0.1, 0.15) is 0 Å². The van der Waals surface area contributed by atoms with Gasteiger partial charge in [-0.25, -0.2) is 0 Å². The van der Waals surface area contributed by atoms with Crippen molar-refractivity contribution in [1.82, 2.24) is 9.88 Å². The number of aromatic nitrogens is 1. The van der Waals surface area contributed by atoms with E-state index >= 15 is 0 Å². The van der Waals surface area contributed by atoms with Crippen molar-refractivity contribution in [1.29, 1.82) is 0 Å². The first-order chi connectivity index (χ1) is 12.1. The molecule has 0 radical (unpaired) electrons. The monoisotopic (exact) mass is 340 g/mol. The summed E-state index contributed by atoms with van der Waals surface area (Å²) in [5.41, 5.74) is 3.18. The summed E-state index contributed by atoms with van der Waals surface area (Å²) in [6.45, 7) is 3.46. The summed E-state index contributed by atoms with van der Waals surface area (Å²) in [6.07, 6.45) is 2.59. The minimum atomic E-state index is -0.220. The smallest absolute Gasteiger partial charge is 0.254 e. The summed E-state index contributed by atoms with van der Waals surface area (Å²) in [4.78, 5) is 29.0. The molecule has 2 N–H and O–H groups in total. The number of nitrogens with zero attached hydrogens (tertiary/aromatic N) is 1. The van der Waals surface area contributed by atoms with E-state index in [0.29, 0.717) is 17.9 Å². The Labute approximate surface area is 147 Å². The highest BCUT2D eigenvalue weighted by Crippen LogP contribution is 2.22. The van der Waals surface area contributed by atoms with Crippen molar-refractivity contribution >= 4 is 5.91 Å². The fraction of sp³-hybridized carbons (Fsp3) is 0.400. The molecule has 1 fully saturated rings. The first-order valence-corrected chi connectivity index (χ1v) is 8.80. The summed E-state index contributed by atoms with van der Waals surface area (Å²) in [5.74, 6) is 0.371. The number of hydrogen-bond acceptors (Lipinski definition) is 3. The van der Waals surface area contributed by atoms with Crippen molar-refractivity contribution in [3.8, 4) is 0 Å². The van der Waals surface area contributed by atoms with Gasteiger partial charge in [0.25, 0.3) is 5.91 Å². The lowest BCUT2D eigenvalue weighted by molar-refractivity contribution is 0.0786. The van der Waals surface area contributed by atoms with Crippen molar-refractivity contribution in [3.63, 3.8) is 0 Å². The first-order valence-electron chi connectivity index (χ1n) is 8.80. The second-order valence-electron chi connectivity index (χ2n) is 6.70. The van der Waals surface area contributed by atoms with Crippen molar-refractivity contribution in [2.45, 2.75) is 32.8 Å². The van der Waals surface area contributed by atoms with Gasteiger partial charge >= 0.3 is 0 Å². The van der Waals surface area contributed by atoms with E-state index in [4.69, 9.17) is 5.11 Å². The fourth-order valence-electron chi connectivity index (χ4n) is 3.40. The van der Waals surface area contributed by atoms with E-state index < -0.39 is 0 Å². The molecule has 1 atom stereocenters. The third-order valence-electron chi connectivity index (χ3n) is 4.83. The summed E-state index contributed by atoms with van der Waals surface area (Å²) in [5, 5.41) is 9.10. The molecular formula is C20H24N2O3. The molecule has 5 heteroatoms. The molecule has 1 aliphatic heterocycles. The Morgan fingerprint density at radius 1 is 1.24 bits per heavy atom. The predicted octanol–water partition coefficient (Wildman–Crippen LogP) is 2.13. The summed E-state index contributed by atoms with van der Waals surface area (Å²) in [6, 6.07) is 11.1. The number of likely N-dealkylation sites (tertiary alicyclic amines) is 1. The van der Waals surface area contributed by atoms with Gasteiger partial charge in [-0.05, 0) is 42.4 Å². The Kier molecular flexibility index (Phi) is 5.34. The molecule has 0 aliphatic carbocycles. The van der Waals surface area contributed by atoms with Crippen LogP contribution in [-0.2, 0) is 19.4 Å². The van der Waals surface area contributed by atoms with Crippen LogP contribution in [0.2, 0.25) is 0 Å². The maximum absolute atomic E-state index is 12.7. The number of nitrogens with one attached hydrogen (secondary N) is 1. The highest BCUT2D eigenvalue weighted by atomic mass is 16.3. The molecule has 1 aliphatic rings. The maximum Gasteiger partial charge on any atom is 0.254 e. The summed E-state index contributed by atoms with van der Waals surface area (Å²) in [7, 11) is 0. The Hall–Kier alpha value is -2.40. The first kappa shape index (κ1) is 17.4. The van der Waals surface area contributed by atoms with Gasteiger partial charge < -0.3 is 15.0 Å². The molecular weight excluding hydrogens is 316 g/mol. The minimum Gasteiger partial charge on any atom is -0.392 e. The van der Waals surface area contributed by atoms with E-state index in [1.54, 1.807) is 6.07 Å². The van der Waals surface area contributed by atoms with Gasteiger partial charge in [0.15, 0.2) is 0 Å². The van der Waals surface area contributed by atoms with Crippen molar-refractivity contribution < 1.29 is 9.90 Å². The molecule has 1 aromatic carbocycles. The topological polar surface area (TPSA) is 73.4 Å². The van der Waals surface area contributed by atoms with Gasteiger partial charge in [-0.2, -0.15) is 0 Å². The molecule has 25 heavy (non-hydrogen) atoms. The van der Waals surface area contributed by atoms with Crippen LogP contribution in [-0.4, -0.2) is 34.0 Å². The van der Waals surface area contributed by atoms with Crippen molar-refractivity contribution in [2.24, 2.45) is 5.92 Å². The normalized spacial score (nSPS) is 17.0. The van der Waals surface area contributed by atoms with Crippen LogP contribution in [0.5, 0.6) is 0 Å². The fourth-order valence-corrected chi connectivity index (χ4v) is 3.40. The van der Waals surface area contributed by atoms with Gasteiger partial charge in [-0.15, -0.1) is 0 Å².